The number of esters is 1. The Morgan fingerprint density at radius 2 is 1.96 bits per heavy atom. The fraction of sp³-hybridized carbons (Fsp3) is 0.421. The maximum atomic E-state index is 13.0. The van der Waals surface area contributed by atoms with Crippen molar-refractivity contribution in [3.63, 3.8) is 0 Å². The minimum Gasteiger partial charge on any atom is -0.507 e. The van der Waals surface area contributed by atoms with Gasteiger partial charge in [0.2, 0.25) is 0 Å². The summed E-state index contributed by atoms with van der Waals surface area (Å²) in [6, 6.07) is 4.24. The lowest BCUT2D eigenvalue weighted by Crippen LogP contribution is -2.48. The molecule has 0 saturated heterocycles. The average Bonchev–Trinajstić information content (AvgIpc) is 2.62. The van der Waals surface area contributed by atoms with Crippen LogP contribution >= 0.6 is 0 Å². The van der Waals surface area contributed by atoms with Crippen LogP contribution in [0, 0.1) is 0 Å². The number of phenols is 1. The van der Waals surface area contributed by atoms with Crippen molar-refractivity contribution < 1.29 is 34.1 Å². The molecule has 138 valence electrons. The number of carbonyl (C=O) groups excluding carboxylic acids is 3. The molecule has 2 aliphatic rings. The van der Waals surface area contributed by atoms with E-state index < -0.39 is 35.8 Å². The molecule has 7 heteroatoms. The second-order valence-electron chi connectivity index (χ2n) is 6.36. The Hall–Kier alpha value is -2.51. The maximum absolute atomic E-state index is 13.0. The number of aromatic hydroxyl groups is 1. The third-order valence-corrected chi connectivity index (χ3v) is 4.75. The fourth-order valence-electron chi connectivity index (χ4n) is 3.53. The lowest BCUT2D eigenvalue weighted by atomic mass is 9.76. The molecule has 0 bridgehead atoms. The van der Waals surface area contributed by atoms with Gasteiger partial charge >= 0.3 is 5.97 Å². The predicted molar refractivity (Wildman–Crippen MR) is 90.0 cm³/mol. The van der Waals surface area contributed by atoms with Gasteiger partial charge in [0.05, 0.1) is 31.3 Å². The minimum atomic E-state index is -1.43. The molecule has 3 rings (SSSR count). The zero-order valence-corrected chi connectivity index (χ0v) is 14.5. The Labute approximate surface area is 150 Å². The van der Waals surface area contributed by atoms with Crippen molar-refractivity contribution in [2.75, 3.05) is 7.11 Å². The number of benzene rings is 1. The van der Waals surface area contributed by atoms with Gasteiger partial charge in [-0.1, -0.05) is 25.5 Å². The van der Waals surface area contributed by atoms with Crippen LogP contribution in [0.2, 0.25) is 0 Å². The summed E-state index contributed by atoms with van der Waals surface area (Å²) in [5.41, 5.74) is -0.00694. The summed E-state index contributed by atoms with van der Waals surface area (Å²) in [7, 11) is 1.22. The van der Waals surface area contributed by atoms with Gasteiger partial charge in [0.1, 0.15) is 11.9 Å². The molecular formula is C19H20O7. The van der Waals surface area contributed by atoms with Crippen LogP contribution in [0.1, 0.15) is 46.9 Å². The molecule has 1 heterocycles. The monoisotopic (exact) mass is 360 g/mol. The molecule has 0 fully saturated rings. The number of ketones is 2. The number of rotatable bonds is 4. The molecule has 0 radical (unpaired) electrons. The number of fused-ring (bicyclic) bond motifs is 1. The van der Waals surface area contributed by atoms with Gasteiger partial charge < -0.3 is 19.7 Å². The molecule has 1 aliphatic heterocycles. The molecule has 1 aromatic carbocycles. The number of hydrogen-bond acceptors (Lipinski definition) is 7. The Balaban J connectivity index is 2.12. The first-order chi connectivity index (χ1) is 12.4. The summed E-state index contributed by atoms with van der Waals surface area (Å²) in [6.45, 7) is 1.89. The highest BCUT2D eigenvalue weighted by Crippen LogP contribution is 2.40. The van der Waals surface area contributed by atoms with Gasteiger partial charge in [0.25, 0.3) is 0 Å². The third-order valence-electron chi connectivity index (χ3n) is 4.75. The Kier molecular flexibility index (Phi) is 4.93. The summed E-state index contributed by atoms with van der Waals surface area (Å²) < 4.78 is 10.4. The highest BCUT2D eigenvalue weighted by molar-refractivity contribution is 6.28. The maximum Gasteiger partial charge on any atom is 0.308 e. The lowest BCUT2D eigenvalue weighted by Gasteiger charge is -2.38. The van der Waals surface area contributed by atoms with Gasteiger partial charge in [-0.2, -0.15) is 0 Å². The molecule has 2 N–H and O–H groups in total. The quantitative estimate of drug-likeness (QED) is 0.784. The number of carbonyl (C=O) groups is 3. The van der Waals surface area contributed by atoms with Crippen LogP contribution in [0.25, 0.3) is 0 Å². The van der Waals surface area contributed by atoms with Crippen molar-refractivity contribution >= 4 is 17.5 Å². The summed E-state index contributed by atoms with van der Waals surface area (Å²) in [5.74, 6) is -1.92. The SMILES string of the molecule is CCCC1OC(CC(=O)OC)C(O)C2=C1C(=O)c1c(O)cccc1C2=O. The molecule has 0 amide bonds. The molecule has 3 atom stereocenters. The van der Waals surface area contributed by atoms with Crippen LogP contribution in [0.3, 0.4) is 0 Å². The molecule has 3 unspecified atom stereocenters. The standard InChI is InChI=1S/C19H20O7/c1-3-5-11-15-16(18(23)12(26-11)8-13(21)25-2)17(22)9-6-4-7-10(20)14(9)19(15)24/h4,6-7,11-12,18,20,23H,3,5,8H2,1-2H3. The van der Waals surface area contributed by atoms with Crippen molar-refractivity contribution in [3.05, 3.63) is 40.5 Å². The van der Waals surface area contributed by atoms with E-state index in [1.54, 1.807) is 0 Å². The summed E-state index contributed by atoms with van der Waals surface area (Å²) in [5, 5.41) is 20.7. The van der Waals surface area contributed by atoms with E-state index in [-0.39, 0.29) is 34.4 Å². The molecule has 0 aromatic heterocycles. The topological polar surface area (TPSA) is 110 Å². The third kappa shape index (κ3) is 2.83. The molecule has 1 aromatic rings. The number of aliphatic hydroxyl groups excluding tert-OH is 1. The van der Waals surface area contributed by atoms with Crippen molar-refractivity contribution in [1.82, 2.24) is 0 Å². The summed E-state index contributed by atoms with van der Waals surface area (Å²) in [6.07, 6.45) is -2.28. The molecule has 0 saturated carbocycles. The van der Waals surface area contributed by atoms with Crippen LogP contribution < -0.4 is 0 Å². The summed E-state index contributed by atoms with van der Waals surface area (Å²) in [4.78, 5) is 37.6. The van der Waals surface area contributed by atoms with E-state index in [1.165, 1.54) is 25.3 Å². The largest absolute Gasteiger partial charge is 0.507 e. The smallest absolute Gasteiger partial charge is 0.308 e. The van der Waals surface area contributed by atoms with Crippen LogP contribution in [0.4, 0.5) is 0 Å². The van der Waals surface area contributed by atoms with E-state index in [1.807, 2.05) is 6.92 Å². The number of aliphatic hydroxyl groups is 1. The number of phenolic OH excluding ortho intramolecular Hbond substituents is 1. The first-order valence-electron chi connectivity index (χ1n) is 8.46. The van der Waals surface area contributed by atoms with Gasteiger partial charge in [-0.3, -0.25) is 14.4 Å². The van der Waals surface area contributed by atoms with Crippen LogP contribution in [0.5, 0.6) is 5.75 Å². The van der Waals surface area contributed by atoms with E-state index in [0.717, 1.165) is 0 Å². The minimum absolute atomic E-state index is 0.0433. The molecule has 1 aliphatic carbocycles. The average molecular weight is 360 g/mol. The predicted octanol–water partition coefficient (Wildman–Crippen LogP) is 1.56. The molecular weight excluding hydrogens is 340 g/mol. The van der Waals surface area contributed by atoms with Crippen molar-refractivity contribution in [2.24, 2.45) is 0 Å². The van der Waals surface area contributed by atoms with Gasteiger partial charge in [0, 0.05) is 16.7 Å². The fourth-order valence-corrected chi connectivity index (χ4v) is 3.53. The Morgan fingerprint density at radius 1 is 1.23 bits per heavy atom. The number of ether oxygens (including phenoxy) is 2. The van der Waals surface area contributed by atoms with Gasteiger partial charge in [-0.25, -0.2) is 0 Å². The molecule has 26 heavy (non-hydrogen) atoms. The van der Waals surface area contributed by atoms with E-state index >= 15 is 0 Å². The van der Waals surface area contributed by atoms with Crippen LogP contribution in [-0.4, -0.2) is 53.2 Å². The van der Waals surface area contributed by atoms with E-state index in [2.05, 4.69) is 4.74 Å². The Bertz CT molecular complexity index is 808. The normalized spacial score (nSPS) is 25.0. The summed E-state index contributed by atoms with van der Waals surface area (Å²) >= 11 is 0. The van der Waals surface area contributed by atoms with Gasteiger partial charge in [0.15, 0.2) is 11.6 Å². The van der Waals surface area contributed by atoms with Crippen LogP contribution in [0.15, 0.2) is 29.3 Å². The number of hydrogen-bond donors (Lipinski definition) is 2. The first kappa shape index (κ1) is 18.3. The van der Waals surface area contributed by atoms with E-state index in [0.29, 0.717) is 12.8 Å². The van der Waals surface area contributed by atoms with E-state index in [9.17, 15) is 24.6 Å². The zero-order chi connectivity index (χ0) is 19.0. The van der Waals surface area contributed by atoms with E-state index in [4.69, 9.17) is 4.74 Å². The first-order valence-corrected chi connectivity index (χ1v) is 8.46. The highest BCUT2D eigenvalue weighted by Gasteiger charge is 2.47. The molecule has 0 spiro atoms. The van der Waals surface area contributed by atoms with Crippen molar-refractivity contribution in [1.29, 1.82) is 0 Å². The highest BCUT2D eigenvalue weighted by atomic mass is 16.5. The Morgan fingerprint density at radius 3 is 2.62 bits per heavy atom. The van der Waals surface area contributed by atoms with Gasteiger partial charge in [-0.05, 0) is 12.5 Å². The van der Waals surface area contributed by atoms with Crippen molar-refractivity contribution in [2.45, 2.75) is 44.5 Å². The number of Topliss-reactive ketones (excluding diaryl/α,β-unsaturated/α-hetero) is 2. The second kappa shape index (κ2) is 7.01. The van der Waals surface area contributed by atoms with Crippen LogP contribution in [-0.2, 0) is 14.3 Å². The lowest BCUT2D eigenvalue weighted by molar-refractivity contribution is -0.148. The van der Waals surface area contributed by atoms with Crippen molar-refractivity contribution in [3.8, 4) is 5.75 Å². The zero-order valence-electron chi connectivity index (χ0n) is 14.5. The molecule has 7 nitrogen and oxygen atoms in total. The van der Waals surface area contributed by atoms with Gasteiger partial charge in [-0.15, -0.1) is 0 Å². The number of methoxy groups -OCH3 is 1. The second-order valence-corrected chi connectivity index (χ2v) is 6.36.